The Hall–Kier alpha value is -2.26. The second-order valence-corrected chi connectivity index (χ2v) is 7.04. The van der Waals surface area contributed by atoms with Crippen molar-refractivity contribution >= 4 is 11.6 Å². The molecule has 3 aromatic rings. The summed E-state index contributed by atoms with van der Waals surface area (Å²) in [5, 5.41) is -0.578. The van der Waals surface area contributed by atoms with E-state index < -0.39 is 22.5 Å². The first-order valence-electron chi connectivity index (χ1n) is 8.57. The first kappa shape index (κ1) is 17.2. The number of fused-ring (bicyclic) bond motifs is 3. The van der Waals surface area contributed by atoms with Gasteiger partial charge in [0, 0.05) is 5.56 Å². The number of hydrogen-bond donors (Lipinski definition) is 0. The highest BCUT2D eigenvalue weighted by atomic mass is 35.5. The van der Waals surface area contributed by atoms with Crippen molar-refractivity contribution in [3.8, 4) is 22.3 Å². The molecule has 0 nitrogen and oxygen atoms in total. The van der Waals surface area contributed by atoms with E-state index in [9.17, 15) is 13.2 Å². The van der Waals surface area contributed by atoms with Gasteiger partial charge in [-0.3, -0.25) is 0 Å². The average molecular weight is 373 g/mol. The molecule has 4 heteroatoms. The number of benzene rings is 3. The third kappa shape index (κ3) is 2.80. The lowest BCUT2D eigenvalue weighted by Crippen LogP contribution is -1.92. The van der Waals surface area contributed by atoms with E-state index in [1.54, 1.807) is 6.07 Å². The quantitative estimate of drug-likeness (QED) is 0.341. The highest BCUT2D eigenvalue weighted by molar-refractivity contribution is 6.31. The molecular weight excluding hydrogens is 357 g/mol. The van der Waals surface area contributed by atoms with Crippen LogP contribution in [0.4, 0.5) is 13.2 Å². The summed E-state index contributed by atoms with van der Waals surface area (Å²) in [6.45, 7) is 2.13. The van der Waals surface area contributed by atoms with Gasteiger partial charge in [-0.2, -0.15) is 0 Å². The maximum absolute atomic E-state index is 14.7. The fourth-order valence-electron chi connectivity index (χ4n) is 3.65. The third-order valence-corrected chi connectivity index (χ3v) is 5.23. The molecule has 1 aliphatic rings. The molecular formula is C22H16ClF3. The van der Waals surface area contributed by atoms with Crippen LogP contribution in [0.25, 0.3) is 22.3 Å². The summed E-state index contributed by atoms with van der Waals surface area (Å²) in [6, 6.07) is 11.6. The largest absolute Gasteiger partial charge is 0.206 e. The van der Waals surface area contributed by atoms with Gasteiger partial charge in [0.05, 0.1) is 0 Å². The standard InChI is InChI=1S/C22H16ClF3/c1-2-3-12-4-5-16-13(6-12)7-14-8-18(19(24)11-17(14)16)15-9-20(25)22(23)21(26)10-15/h4-6,8-11H,2-3,7H2,1H3. The van der Waals surface area contributed by atoms with Gasteiger partial charge in [-0.05, 0) is 70.5 Å². The van der Waals surface area contributed by atoms with E-state index in [0.29, 0.717) is 6.42 Å². The summed E-state index contributed by atoms with van der Waals surface area (Å²) in [5.74, 6) is -2.29. The molecule has 0 atom stereocenters. The van der Waals surface area contributed by atoms with E-state index in [-0.39, 0.29) is 11.1 Å². The Bertz CT molecular complexity index is 1000. The van der Waals surface area contributed by atoms with Crippen LogP contribution in [0.5, 0.6) is 0 Å². The number of halogens is 4. The van der Waals surface area contributed by atoms with Crippen LogP contribution in [0.3, 0.4) is 0 Å². The highest BCUT2D eigenvalue weighted by Crippen LogP contribution is 2.41. The SMILES string of the molecule is CCCc1ccc2c(c1)Cc1cc(-c3cc(F)c(Cl)c(F)c3)c(F)cc1-2. The van der Waals surface area contributed by atoms with Crippen molar-refractivity contribution in [2.24, 2.45) is 0 Å². The molecule has 0 amide bonds. The van der Waals surface area contributed by atoms with Crippen molar-refractivity contribution in [1.29, 1.82) is 0 Å². The number of rotatable bonds is 3. The van der Waals surface area contributed by atoms with Gasteiger partial charge in [-0.25, -0.2) is 13.2 Å². The second kappa shape index (κ2) is 6.48. The predicted molar refractivity (Wildman–Crippen MR) is 99.0 cm³/mol. The first-order valence-corrected chi connectivity index (χ1v) is 8.95. The number of hydrogen-bond acceptors (Lipinski definition) is 0. The number of aryl methyl sites for hydroxylation is 1. The maximum atomic E-state index is 14.7. The fourth-order valence-corrected chi connectivity index (χ4v) is 3.76. The molecule has 0 saturated carbocycles. The van der Waals surface area contributed by atoms with Crippen LogP contribution < -0.4 is 0 Å². The van der Waals surface area contributed by atoms with Crippen molar-refractivity contribution in [1.82, 2.24) is 0 Å². The van der Waals surface area contributed by atoms with E-state index in [1.165, 1.54) is 11.6 Å². The molecule has 0 saturated heterocycles. The van der Waals surface area contributed by atoms with Crippen molar-refractivity contribution in [2.45, 2.75) is 26.2 Å². The van der Waals surface area contributed by atoms with Crippen LogP contribution in [0, 0.1) is 17.5 Å². The molecule has 26 heavy (non-hydrogen) atoms. The molecule has 0 N–H and O–H groups in total. The van der Waals surface area contributed by atoms with E-state index in [1.807, 2.05) is 6.07 Å². The lowest BCUT2D eigenvalue weighted by Gasteiger charge is -2.09. The van der Waals surface area contributed by atoms with E-state index in [4.69, 9.17) is 11.6 Å². The van der Waals surface area contributed by atoms with Gasteiger partial charge in [0.1, 0.15) is 22.5 Å². The lowest BCUT2D eigenvalue weighted by atomic mass is 9.98. The summed E-state index contributed by atoms with van der Waals surface area (Å²) in [4.78, 5) is 0. The van der Waals surface area contributed by atoms with Crippen LogP contribution >= 0.6 is 11.6 Å². The van der Waals surface area contributed by atoms with Gasteiger partial charge < -0.3 is 0 Å². The average Bonchev–Trinajstić information content (AvgIpc) is 2.95. The summed E-state index contributed by atoms with van der Waals surface area (Å²) < 4.78 is 42.2. The van der Waals surface area contributed by atoms with Crippen molar-refractivity contribution < 1.29 is 13.2 Å². The Kier molecular flexibility index (Phi) is 4.28. The molecule has 0 radical (unpaired) electrons. The van der Waals surface area contributed by atoms with E-state index >= 15 is 0 Å². The Morgan fingerprint density at radius 3 is 2.19 bits per heavy atom. The maximum Gasteiger partial charge on any atom is 0.145 e. The zero-order valence-electron chi connectivity index (χ0n) is 14.2. The van der Waals surface area contributed by atoms with Crippen LogP contribution in [0.1, 0.15) is 30.0 Å². The summed E-state index contributed by atoms with van der Waals surface area (Å²) in [5.41, 5.74) is 5.59. The molecule has 4 rings (SSSR count). The Morgan fingerprint density at radius 1 is 0.808 bits per heavy atom. The monoisotopic (exact) mass is 372 g/mol. The van der Waals surface area contributed by atoms with Gasteiger partial charge >= 0.3 is 0 Å². The Labute approximate surface area is 155 Å². The van der Waals surface area contributed by atoms with Gasteiger partial charge in [0.2, 0.25) is 0 Å². The molecule has 0 spiro atoms. The zero-order chi connectivity index (χ0) is 18.4. The smallest absolute Gasteiger partial charge is 0.145 e. The molecule has 0 fully saturated rings. The van der Waals surface area contributed by atoms with Crippen molar-refractivity contribution in [3.05, 3.63) is 81.6 Å². The Morgan fingerprint density at radius 2 is 1.50 bits per heavy atom. The van der Waals surface area contributed by atoms with Crippen LogP contribution in [-0.4, -0.2) is 0 Å². The van der Waals surface area contributed by atoms with E-state index in [0.717, 1.165) is 47.2 Å². The van der Waals surface area contributed by atoms with Gasteiger partial charge in [-0.15, -0.1) is 0 Å². The van der Waals surface area contributed by atoms with Gasteiger partial charge in [0.15, 0.2) is 0 Å². The molecule has 3 aromatic carbocycles. The third-order valence-electron chi connectivity index (χ3n) is 4.87. The normalized spacial score (nSPS) is 12.2. The van der Waals surface area contributed by atoms with Gasteiger partial charge in [0.25, 0.3) is 0 Å². The van der Waals surface area contributed by atoms with Crippen LogP contribution in [0.2, 0.25) is 5.02 Å². The van der Waals surface area contributed by atoms with E-state index in [2.05, 4.69) is 19.1 Å². The Balaban J connectivity index is 1.80. The molecule has 0 unspecified atom stereocenters. The predicted octanol–water partition coefficient (Wildman–Crippen LogP) is 6.95. The van der Waals surface area contributed by atoms with Crippen LogP contribution in [-0.2, 0) is 12.8 Å². The summed E-state index contributed by atoms with van der Waals surface area (Å²) in [6.07, 6.45) is 2.76. The highest BCUT2D eigenvalue weighted by Gasteiger charge is 2.22. The minimum absolute atomic E-state index is 0.146. The molecule has 0 bridgehead atoms. The lowest BCUT2D eigenvalue weighted by molar-refractivity contribution is 0.584. The van der Waals surface area contributed by atoms with Gasteiger partial charge in [-0.1, -0.05) is 43.1 Å². The van der Waals surface area contributed by atoms with Crippen LogP contribution in [0.15, 0.2) is 42.5 Å². The zero-order valence-corrected chi connectivity index (χ0v) is 14.9. The summed E-state index contributed by atoms with van der Waals surface area (Å²) in [7, 11) is 0. The molecule has 1 aliphatic carbocycles. The second-order valence-electron chi connectivity index (χ2n) is 6.66. The molecule has 0 heterocycles. The molecule has 132 valence electrons. The molecule has 0 aliphatic heterocycles. The van der Waals surface area contributed by atoms with Crippen molar-refractivity contribution in [3.63, 3.8) is 0 Å². The minimum Gasteiger partial charge on any atom is -0.206 e. The van der Waals surface area contributed by atoms with Crippen molar-refractivity contribution in [2.75, 3.05) is 0 Å². The minimum atomic E-state index is -0.894. The first-order chi connectivity index (χ1) is 12.5. The fraction of sp³-hybridized carbons (Fsp3) is 0.182. The molecule has 0 aromatic heterocycles. The topological polar surface area (TPSA) is 0 Å². The summed E-state index contributed by atoms with van der Waals surface area (Å²) >= 11 is 5.53.